The number of benzene rings is 1. The normalized spacial score (nSPS) is 10.9. The van der Waals surface area contributed by atoms with Gasteiger partial charge >= 0.3 is 5.97 Å². The van der Waals surface area contributed by atoms with Crippen molar-refractivity contribution in [1.82, 2.24) is 14.9 Å². The highest BCUT2D eigenvalue weighted by atomic mass is 16.4. The van der Waals surface area contributed by atoms with Crippen molar-refractivity contribution in [3.8, 4) is 0 Å². The van der Waals surface area contributed by atoms with Crippen LogP contribution in [0.5, 0.6) is 0 Å². The summed E-state index contributed by atoms with van der Waals surface area (Å²) >= 11 is 0. The van der Waals surface area contributed by atoms with Crippen molar-refractivity contribution < 1.29 is 14.7 Å². The lowest BCUT2D eigenvalue weighted by Crippen LogP contribution is -2.24. The number of aromatic nitrogens is 2. The first-order valence-electron chi connectivity index (χ1n) is 10.6. The van der Waals surface area contributed by atoms with E-state index >= 15 is 0 Å². The summed E-state index contributed by atoms with van der Waals surface area (Å²) in [4.78, 5) is 27.1. The second-order valence-corrected chi connectivity index (χ2v) is 7.56. The number of carboxylic acids is 1. The van der Waals surface area contributed by atoms with Gasteiger partial charge in [0, 0.05) is 49.0 Å². The molecule has 2 N–H and O–H groups in total. The number of carbonyl (C=O) groups excluding carboxylic acids is 1. The summed E-state index contributed by atoms with van der Waals surface area (Å²) in [6.07, 6.45) is 10.9. The van der Waals surface area contributed by atoms with Crippen LogP contribution in [0.3, 0.4) is 0 Å². The fourth-order valence-corrected chi connectivity index (χ4v) is 3.69. The Labute approximate surface area is 176 Å². The van der Waals surface area contributed by atoms with Crippen LogP contribution in [0, 0.1) is 0 Å². The summed E-state index contributed by atoms with van der Waals surface area (Å²) in [5.74, 6) is -0.719. The summed E-state index contributed by atoms with van der Waals surface area (Å²) in [6.45, 7) is 1.58. The van der Waals surface area contributed by atoms with Gasteiger partial charge in [-0.25, -0.2) is 0 Å². The molecule has 0 radical (unpaired) electrons. The molecule has 0 fully saturated rings. The molecule has 0 bridgehead atoms. The lowest BCUT2D eigenvalue weighted by Gasteiger charge is -2.07. The molecule has 158 valence electrons. The Balaban J connectivity index is 1.33. The third-order valence-corrected chi connectivity index (χ3v) is 5.22. The number of fused-ring (bicyclic) bond motifs is 1. The molecule has 0 saturated carbocycles. The number of amides is 1. The zero-order valence-electron chi connectivity index (χ0n) is 17.2. The van der Waals surface area contributed by atoms with Crippen molar-refractivity contribution in [3.63, 3.8) is 0 Å². The van der Waals surface area contributed by atoms with Gasteiger partial charge in [0.2, 0.25) is 5.91 Å². The first kappa shape index (κ1) is 21.6. The maximum Gasteiger partial charge on any atom is 0.307 e. The van der Waals surface area contributed by atoms with Gasteiger partial charge < -0.3 is 15.0 Å². The maximum absolute atomic E-state index is 11.9. The van der Waals surface area contributed by atoms with Gasteiger partial charge in [-0.3, -0.25) is 14.6 Å². The second kappa shape index (κ2) is 11.1. The first-order valence-corrected chi connectivity index (χ1v) is 10.6. The van der Waals surface area contributed by atoms with Crippen LogP contribution < -0.4 is 5.32 Å². The summed E-state index contributed by atoms with van der Waals surface area (Å²) in [5.41, 5.74) is 3.04. The number of pyridine rings is 1. The Bertz CT molecular complexity index is 966. The second-order valence-electron chi connectivity index (χ2n) is 7.56. The molecule has 0 aliphatic heterocycles. The fourth-order valence-electron chi connectivity index (χ4n) is 3.69. The number of carboxylic acid groups (broad SMARTS) is 1. The molecule has 0 unspecified atom stereocenters. The van der Waals surface area contributed by atoms with Crippen molar-refractivity contribution >= 4 is 22.8 Å². The number of para-hydroxylation sites is 1. The number of aliphatic carboxylic acids is 1. The lowest BCUT2D eigenvalue weighted by atomic mass is 10.1. The number of aryl methyl sites for hydroxylation is 2. The van der Waals surface area contributed by atoms with E-state index in [1.54, 1.807) is 12.4 Å². The quantitative estimate of drug-likeness (QED) is 0.445. The summed E-state index contributed by atoms with van der Waals surface area (Å²) in [5, 5.41) is 13.1. The molecule has 3 rings (SSSR count). The van der Waals surface area contributed by atoms with Gasteiger partial charge in [-0.05, 0) is 42.5 Å². The SMILES string of the molecule is O=C(O)Cc1cn(CCCCCCNC(=O)CCc2cccnc2)c2ccccc12. The minimum absolute atomic E-state index is 0.0496. The molecule has 0 atom stereocenters. The van der Waals surface area contributed by atoms with Crippen LogP contribution in [-0.2, 0) is 29.0 Å². The van der Waals surface area contributed by atoms with Gasteiger partial charge in [0.05, 0.1) is 6.42 Å². The third kappa shape index (κ3) is 6.44. The molecule has 6 heteroatoms. The molecule has 0 aliphatic carbocycles. The molecular weight excluding hydrogens is 378 g/mol. The largest absolute Gasteiger partial charge is 0.481 e. The Morgan fingerprint density at radius 3 is 2.67 bits per heavy atom. The van der Waals surface area contributed by atoms with Crippen molar-refractivity contribution in [2.24, 2.45) is 0 Å². The number of hydrogen-bond donors (Lipinski definition) is 2. The van der Waals surface area contributed by atoms with E-state index in [0.717, 1.165) is 54.3 Å². The van der Waals surface area contributed by atoms with Crippen LogP contribution in [0.25, 0.3) is 10.9 Å². The molecule has 3 aromatic rings. The maximum atomic E-state index is 11.9. The van der Waals surface area contributed by atoms with Crippen LogP contribution in [0.15, 0.2) is 55.0 Å². The predicted octanol–water partition coefficient (Wildman–Crippen LogP) is 3.97. The Hall–Kier alpha value is -3.15. The minimum atomic E-state index is -0.805. The molecule has 0 spiro atoms. The van der Waals surface area contributed by atoms with E-state index in [-0.39, 0.29) is 12.3 Å². The van der Waals surface area contributed by atoms with Crippen LogP contribution in [0.2, 0.25) is 0 Å². The van der Waals surface area contributed by atoms with Gasteiger partial charge in [0.25, 0.3) is 0 Å². The van der Waals surface area contributed by atoms with Crippen molar-refractivity contribution in [2.75, 3.05) is 6.54 Å². The molecule has 0 saturated heterocycles. The Morgan fingerprint density at radius 2 is 1.87 bits per heavy atom. The molecule has 2 aromatic heterocycles. The zero-order chi connectivity index (χ0) is 21.2. The highest BCUT2D eigenvalue weighted by Gasteiger charge is 2.10. The average Bonchev–Trinajstić information content (AvgIpc) is 3.09. The van der Waals surface area contributed by atoms with E-state index < -0.39 is 5.97 Å². The molecule has 1 aromatic carbocycles. The molecule has 2 heterocycles. The van der Waals surface area contributed by atoms with Gasteiger partial charge in [-0.15, -0.1) is 0 Å². The van der Waals surface area contributed by atoms with Crippen molar-refractivity contribution in [3.05, 3.63) is 66.1 Å². The first-order chi connectivity index (χ1) is 14.6. The van der Waals surface area contributed by atoms with E-state index in [4.69, 9.17) is 5.11 Å². The van der Waals surface area contributed by atoms with E-state index in [1.165, 1.54) is 0 Å². The van der Waals surface area contributed by atoms with Gasteiger partial charge in [-0.2, -0.15) is 0 Å². The Kier molecular flexibility index (Phi) is 8.01. The number of carbonyl (C=O) groups is 2. The van der Waals surface area contributed by atoms with Crippen LogP contribution in [0.1, 0.15) is 43.2 Å². The van der Waals surface area contributed by atoms with Crippen LogP contribution >= 0.6 is 0 Å². The molecule has 1 amide bonds. The van der Waals surface area contributed by atoms with Crippen molar-refractivity contribution in [1.29, 1.82) is 0 Å². The highest BCUT2D eigenvalue weighted by molar-refractivity contribution is 5.87. The van der Waals surface area contributed by atoms with E-state index in [1.807, 2.05) is 42.6 Å². The minimum Gasteiger partial charge on any atom is -0.481 e. The number of hydrogen-bond acceptors (Lipinski definition) is 3. The molecule has 30 heavy (non-hydrogen) atoms. The number of nitrogens with one attached hydrogen (secondary N) is 1. The summed E-state index contributed by atoms with van der Waals surface area (Å²) < 4.78 is 2.16. The number of nitrogens with zero attached hydrogens (tertiary/aromatic N) is 2. The van der Waals surface area contributed by atoms with Crippen molar-refractivity contribution in [2.45, 2.75) is 51.5 Å². The molecular formula is C24H29N3O3. The smallest absolute Gasteiger partial charge is 0.307 e. The highest BCUT2D eigenvalue weighted by Crippen LogP contribution is 2.22. The fraction of sp³-hybridized carbons (Fsp3) is 0.375. The van der Waals surface area contributed by atoms with Gasteiger partial charge in [0.1, 0.15) is 0 Å². The van der Waals surface area contributed by atoms with E-state index in [0.29, 0.717) is 19.4 Å². The van der Waals surface area contributed by atoms with Crippen LogP contribution in [0.4, 0.5) is 0 Å². The predicted molar refractivity (Wildman–Crippen MR) is 117 cm³/mol. The van der Waals surface area contributed by atoms with Gasteiger partial charge in [-0.1, -0.05) is 37.1 Å². The molecule has 0 aliphatic rings. The topological polar surface area (TPSA) is 84.2 Å². The van der Waals surface area contributed by atoms with E-state index in [9.17, 15) is 9.59 Å². The lowest BCUT2D eigenvalue weighted by molar-refractivity contribution is -0.136. The average molecular weight is 408 g/mol. The number of rotatable bonds is 12. The Morgan fingerprint density at radius 1 is 1.03 bits per heavy atom. The van der Waals surface area contributed by atoms with Gasteiger partial charge in [0.15, 0.2) is 0 Å². The molecule has 6 nitrogen and oxygen atoms in total. The zero-order valence-corrected chi connectivity index (χ0v) is 17.2. The van der Waals surface area contributed by atoms with E-state index in [2.05, 4.69) is 14.9 Å². The summed E-state index contributed by atoms with van der Waals surface area (Å²) in [6, 6.07) is 11.8. The third-order valence-electron chi connectivity index (χ3n) is 5.22. The van der Waals surface area contributed by atoms with Crippen LogP contribution in [-0.4, -0.2) is 33.1 Å². The number of unbranched alkanes of at least 4 members (excludes halogenated alkanes) is 3. The standard InChI is InChI=1S/C24H29N3O3/c28-23(12-11-19-8-7-13-25-17-19)26-14-5-1-2-6-15-27-18-20(16-24(29)30)21-9-3-4-10-22(21)27/h3-4,7-10,13,17-18H,1-2,5-6,11-12,14-16H2,(H,26,28)(H,29,30). The monoisotopic (exact) mass is 407 g/mol. The summed E-state index contributed by atoms with van der Waals surface area (Å²) in [7, 11) is 0.